The number of nitrogens with zero attached hydrogens (tertiary/aromatic N) is 5. The second kappa shape index (κ2) is 7.48. The summed E-state index contributed by atoms with van der Waals surface area (Å²) in [5.74, 6) is 2.00. The Hall–Kier alpha value is -2.37. The number of likely N-dealkylation sites (tertiary alicyclic amines) is 1. The van der Waals surface area contributed by atoms with Crippen molar-refractivity contribution in [2.75, 3.05) is 31.1 Å². The van der Waals surface area contributed by atoms with E-state index in [2.05, 4.69) is 52.4 Å². The molecule has 6 nitrogen and oxygen atoms in total. The summed E-state index contributed by atoms with van der Waals surface area (Å²) in [6, 6.07) is 10.7. The Morgan fingerprint density at radius 1 is 1.12 bits per heavy atom. The van der Waals surface area contributed by atoms with Gasteiger partial charge in [0, 0.05) is 32.7 Å². The van der Waals surface area contributed by atoms with E-state index in [0.29, 0.717) is 11.7 Å². The summed E-state index contributed by atoms with van der Waals surface area (Å²) in [6.45, 7) is 6.42. The predicted molar refractivity (Wildman–Crippen MR) is 101 cm³/mol. The molecule has 2 aliphatic heterocycles. The van der Waals surface area contributed by atoms with Crippen LogP contribution in [0, 0.1) is 5.92 Å². The second-order valence-electron chi connectivity index (χ2n) is 7.36. The van der Waals surface area contributed by atoms with E-state index in [1.807, 2.05) is 9.47 Å². The van der Waals surface area contributed by atoms with Gasteiger partial charge in [0.15, 0.2) is 0 Å². The van der Waals surface area contributed by atoms with Gasteiger partial charge in [-0.05, 0) is 44.1 Å². The summed E-state index contributed by atoms with van der Waals surface area (Å²) in [5, 5.41) is 8.66. The third kappa shape index (κ3) is 3.32. The van der Waals surface area contributed by atoms with Gasteiger partial charge in [-0.25, -0.2) is 0 Å². The van der Waals surface area contributed by atoms with Crippen LogP contribution in [-0.2, 0) is 13.0 Å². The highest BCUT2D eigenvalue weighted by molar-refractivity contribution is 5.91. The van der Waals surface area contributed by atoms with E-state index in [0.717, 1.165) is 64.4 Å². The molecular weight excluding hydrogens is 326 g/mol. The number of benzene rings is 1. The van der Waals surface area contributed by atoms with Crippen molar-refractivity contribution in [3.63, 3.8) is 0 Å². The minimum atomic E-state index is 0.0307. The van der Waals surface area contributed by atoms with Crippen LogP contribution in [0.5, 0.6) is 0 Å². The first-order chi connectivity index (χ1) is 12.8. The lowest BCUT2D eigenvalue weighted by Crippen LogP contribution is -2.31. The number of carbonyl (C=O) groups excluding carboxylic acids is 1. The van der Waals surface area contributed by atoms with Crippen molar-refractivity contribution < 1.29 is 4.79 Å². The maximum absolute atomic E-state index is 12.7. The minimum absolute atomic E-state index is 0.0307. The number of hydrogen-bond acceptors (Lipinski definition) is 4. The van der Waals surface area contributed by atoms with E-state index in [9.17, 15) is 4.79 Å². The van der Waals surface area contributed by atoms with Crippen LogP contribution in [0.15, 0.2) is 30.3 Å². The predicted octanol–water partition coefficient (Wildman–Crippen LogP) is 2.60. The van der Waals surface area contributed by atoms with Crippen molar-refractivity contribution in [2.24, 2.45) is 5.92 Å². The van der Waals surface area contributed by atoms with Crippen LogP contribution in [0.3, 0.4) is 0 Å². The maximum Gasteiger partial charge on any atom is 0.291 e. The van der Waals surface area contributed by atoms with E-state index in [1.165, 1.54) is 5.56 Å². The van der Waals surface area contributed by atoms with Crippen molar-refractivity contribution in [3.8, 4) is 0 Å². The average Bonchev–Trinajstić information content (AvgIpc) is 3.41. The maximum atomic E-state index is 12.7. The van der Waals surface area contributed by atoms with Crippen LogP contribution in [0.2, 0.25) is 0 Å². The summed E-state index contributed by atoms with van der Waals surface area (Å²) < 4.78 is 1.99. The summed E-state index contributed by atoms with van der Waals surface area (Å²) in [7, 11) is 0. The molecule has 2 aromatic rings. The van der Waals surface area contributed by atoms with Gasteiger partial charge in [0.05, 0.1) is 0 Å². The SMILES string of the molecule is CCn1c(C(=O)N2CCCC2)nnc1N1CCC(Cc2ccccc2)C1. The number of hydrogen-bond donors (Lipinski definition) is 0. The third-order valence-corrected chi connectivity index (χ3v) is 5.57. The molecule has 3 heterocycles. The summed E-state index contributed by atoms with van der Waals surface area (Å²) >= 11 is 0. The van der Waals surface area contributed by atoms with Crippen LogP contribution in [0.4, 0.5) is 5.95 Å². The molecule has 4 rings (SSSR count). The Morgan fingerprint density at radius 2 is 1.88 bits per heavy atom. The largest absolute Gasteiger partial charge is 0.341 e. The monoisotopic (exact) mass is 353 g/mol. The zero-order valence-electron chi connectivity index (χ0n) is 15.5. The number of rotatable bonds is 5. The summed E-state index contributed by atoms with van der Waals surface area (Å²) in [4.78, 5) is 16.9. The standard InChI is InChI=1S/C20H27N5O/c1-2-25-18(19(26)23-11-6-7-12-23)21-22-20(25)24-13-10-17(15-24)14-16-8-4-3-5-9-16/h3-5,8-9,17H,2,6-7,10-15H2,1H3. The first-order valence-corrected chi connectivity index (χ1v) is 9.77. The number of carbonyl (C=O) groups is 1. The average molecular weight is 353 g/mol. The Balaban J connectivity index is 1.47. The Bertz CT molecular complexity index is 751. The first-order valence-electron chi connectivity index (χ1n) is 9.77. The van der Waals surface area contributed by atoms with Crippen LogP contribution in [-0.4, -0.2) is 51.8 Å². The normalized spacial score (nSPS) is 20.1. The van der Waals surface area contributed by atoms with Crippen molar-refractivity contribution in [2.45, 2.75) is 39.2 Å². The molecule has 1 aromatic carbocycles. The van der Waals surface area contributed by atoms with Crippen molar-refractivity contribution in [3.05, 3.63) is 41.7 Å². The van der Waals surface area contributed by atoms with Crippen molar-refractivity contribution in [1.29, 1.82) is 0 Å². The smallest absolute Gasteiger partial charge is 0.291 e. The molecule has 2 aliphatic rings. The van der Waals surface area contributed by atoms with E-state index >= 15 is 0 Å². The molecule has 0 bridgehead atoms. The Labute approximate surface area is 154 Å². The lowest BCUT2D eigenvalue weighted by Gasteiger charge is -2.20. The molecule has 0 N–H and O–H groups in total. The van der Waals surface area contributed by atoms with E-state index in [-0.39, 0.29) is 5.91 Å². The van der Waals surface area contributed by atoms with E-state index in [4.69, 9.17) is 0 Å². The fraction of sp³-hybridized carbons (Fsp3) is 0.550. The highest BCUT2D eigenvalue weighted by Gasteiger charge is 2.30. The number of aromatic nitrogens is 3. The third-order valence-electron chi connectivity index (χ3n) is 5.57. The molecular formula is C20H27N5O. The fourth-order valence-corrected chi connectivity index (χ4v) is 4.17. The molecule has 1 amide bonds. The number of amides is 1. The molecule has 6 heteroatoms. The van der Waals surface area contributed by atoms with E-state index < -0.39 is 0 Å². The van der Waals surface area contributed by atoms with Gasteiger partial charge in [-0.2, -0.15) is 0 Å². The van der Waals surface area contributed by atoms with Crippen LogP contribution in [0.1, 0.15) is 42.4 Å². The molecule has 1 atom stereocenters. The van der Waals surface area contributed by atoms with Gasteiger partial charge in [0.2, 0.25) is 11.8 Å². The molecule has 1 unspecified atom stereocenters. The molecule has 0 radical (unpaired) electrons. The summed E-state index contributed by atoms with van der Waals surface area (Å²) in [6.07, 6.45) is 4.43. The second-order valence-corrected chi connectivity index (χ2v) is 7.36. The van der Waals surface area contributed by atoms with Gasteiger partial charge in [-0.15, -0.1) is 10.2 Å². The van der Waals surface area contributed by atoms with Crippen LogP contribution in [0.25, 0.3) is 0 Å². The van der Waals surface area contributed by atoms with Crippen molar-refractivity contribution >= 4 is 11.9 Å². The Kier molecular flexibility index (Phi) is 4.91. The topological polar surface area (TPSA) is 54.3 Å². The molecule has 138 valence electrons. The first kappa shape index (κ1) is 17.1. The van der Waals surface area contributed by atoms with Crippen LogP contribution < -0.4 is 4.90 Å². The highest BCUT2D eigenvalue weighted by Crippen LogP contribution is 2.26. The summed E-state index contributed by atoms with van der Waals surface area (Å²) in [5.41, 5.74) is 1.39. The molecule has 26 heavy (non-hydrogen) atoms. The van der Waals surface area contributed by atoms with Gasteiger partial charge in [-0.3, -0.25) is 9.36 Å². The van der Waals surface area contributed by atoms with Gasteiger partial charge in [0.1, 0.15) is 0 Å². The molecule has 1 aromatic heterocycles. The van der Waals surface area contributed by atoms with E-state index in [1.54, 1.807) is 0 Å². The molecule has 0 spiro atoms. The zero-order chi connectivity index (χ0) is 17.9. The lowest BCUT2D eigenvalue weighted by molar-refractivity contribution is 0.0775. The quantitative estimate of drug-likeness (QED) is 0.829. The van der Waals surface area contributed by atoms with Gasteiger partial charge in [-0.1, -0.05) is 30.3 Å². The molecule has 2 fully saturated rings. The molecule has 0 aliphatic carbocycles. The molecule has 0 saturated carbocycles. The lowest BCUT2D eigenvalue weighted by atomic mass is 9.99. The number of anilines is 1. The van der Waals surface area contributed by atoms with Crippen LogP contribution >= 0.6 is 0 Å². The van der Waals surface area contributed by atoms with Gasteiger partial charge >= 0.3 is 0 Å². The van der Waals surface area contributed by atoms with Crippen molar-refractivity contribution in [1.82, 2.24) is 19.7 Å². The Morgan fingerprint density at radius 3 is 2.62 bits per heavy atom. The molecule has 2 saturated heterocycles. The highest BCUT2D eigenvalue weighted by atomic mass is 16.2. The zero-order valence-corrected chi connectivity index (χ0v) is 15.5. The van der Waals surface area contributed by atoms with Gasteiger partial charge in [0.25, 0.3) is 5.91 Å². The fourth-order valence-electron chi connectivity index (χ4n) is 4.17. The van der Waals surface area contributed by atoms with Gasteiger partial charge < -0.3 is 9.80 Å². The minimum Gasteiger partial charge on any atom is -0.341 e.